The maximum absolute atomic E-state index is 11.1. The fraction of sp³-hybridized carbons (Fsp3) is 0.292. The number of carbonyl (C=O) groups is 1. The Labute approximate surface area is 171 Å². The molecule has 29 heavy (non-hydrogen) atoms. The Morgan fingerprint density at radius 2 is 1.66 bits per heavy atom. The second-order valence-electron chi connectivity index (χ2n) is 7.67. The third-order valence-corrected chi connectivity index (χ3v) is 5.19. The predicted molar refractivity (Wildman–Crippen MR) is 113 cm³/mol. The predicted octanol–water partition coefficient (Wildman–Crippen LogP) is 3.76. The highest BCUT2D eigenvalue weighted by molar-refractivity contribution is 5.73. The molecule has 0 saturated carbocycles. The van der Waals surface area contributed by atoms with Gasteiger partial charge < -0.3 is 10.1 Å². The molecule has 1 N–H and O–H groups in total. The lowest BCUT2D eigenvalue weighted by atomic mass is 10.0. The molecule has 1 aliphatic carbocycles. The molecule has 1 atom stereocenters. The lowest BCUT2D eigenvalue weighted by Gasteiger charge is -2.13. The largest absolute Gasteiger partial charge is 0.459 e. The minimum atomic E-state index is -0.00457. The number of rotatable bonds is 6. The van der Waals surface area contributed by atoms with Gasteiger partial charge in [-0.3, -0.25) is 4.79 Å². The van der Waals surface area contributed by atoms with Crippen molar-refractivity contribution in [1.82, 2.24) is 15.3 Å². The third kappa shape index (κ3) is 4.80. The summed E-state index contributed by atoms with van der Waals surface area (Å²) >= 11 is 0. The van der Waals surface area contributed by atoms with Gasteiger partial charge in [0.2, 0.25) is 5.91 Å². The summed E-state index contributed by atoms with van der Waals surface area (Å²) < 4.78 is 5.99. The summed E-state index contributed by atoms with van der Waals surface area (Å²) in [6.07, 6.45) is 6.31. The zero-order valence-electron chi connectivity index (χ0n) is 16.8. The lowest BCUT2D eigenvalue weighted by molar-refractivity contribution is -0.119. The summed E-state index contributed by atoms with van der Waals surface area (Å²) in [4.78, 5) is 20.0. The Morgan fingerprint density at radius 3 is 2.24 bits per heavy atom. The maximum atomic E-state index is 11.1. The SMILES string of the molecule is CC(=O)NC(C)Cc1ccc(-c2cnc(OC3Cc4ccccc4C3)nc2)cc1. The molecule has 1 amide bonds. The average molecular weight is 387 g/mol. The quantitative estimate of drug-likeness (QED) is 0.700. The average Bonchev–Trinajstić information content (AvgIpc) is 3.11. The van der Waals surface area contributed by atoms with Gasteiger partial charge >= 0.3 is 6.01 Å². The van der Waals surface area contributed by atoms with Gasteiger partial charge in [0.1, 0.15) is 6.10 Å². The summed E-state index contributed by atoms with van der Waals surface area (Å²) in [6.45, 7) is 3.54. The number of nitrogens with one attached hydrogen (secondary N) is 1. The summed E-state index contributed by atoms with van der Waals surface area (Å²) in [6, 6.07) is 17.3. The van der Waals surface area contributed by atoms with Crippen molar-refractivity contribution >= 4 is 5.91 Å². The molecule has 5 heteroatoms. The summed E-state index contributed by atoms with van der Waals surface area (Å²) in [5, 5.41) is 2.91. The smallest absolute Gasteiger partial charge is 0.316 e. The molecule has 1 unspecified atom stereocenters. The van der Waals surface area contributed by atoms with E-state index in [1.807, 2.05) is 6.92 Å². The number of benzene rings is 2. The fourth-order valence-electron chi connectivity index (χ4n) is 3.86. The molecule has 1 heterocycles. The number of fused-ring (bicyclic) bond motifs is 1. The normalized spacial score (nSPS) is 14.3. The van der Waals surface area contributed by atoms with E-state index in [2.05, 4.69) is 63.8 Å². The van der Waals surface area contributed by atoms with Crippen molar-refractivity contribution in [3.05, 3.63) is 77.6 Å². The van der Waals surface area contributed by atoms with Gasteiger partial charge in [0.15, 0.2) is 0 Å². The summed E-state index contributed by atoms with van der Waals surface area (Å²) in [5.74, 6) is -0.00457. The number of carbonyl (C=O) groups excluding carboxylic acids is 1. The Kier molecular flexibility index (Phi) is 5.56. The van der Waals surface area contributed by atoms with Crippen LogP contribution in [0.1, 0.15) is 30.5 Å². The van der Waals surface area contributed by atoms with Crippen molar-refractivity contribution in [1.29, 1.82) is 0 Å². The molecular weight excluding hydrogens is 362 g/mol. The Balaban J connectivity index is 1.36. The van der Waals surface area contributed by atoms with Crippen molar-refractivity contribution in [3.8, 4) is 17.1 Å². The van der Waals surface area contributed by atoms with Crippen molar-refractivity contribution in [2.75, 3.05) is 0 Å². The molecule has 1 aliphatic rings. The van der Waals surface area contributed by atoms with Gasteiger partial charge in [-0.15, -0.1) is 0 Å². The molecule has 2 aromatic carbocycles. The van der Waals surface area contributed by atoms with Crippen LogP contribution in [0.25, 0.3) is 11.1 Å². The first-order chi connectivity index (χ1) is 14.1. The second-order valence-corrected chi connectivity index (χ2v) is 7.67. The minimum Gasteiger partial charge on any atom is -0.459 e. The van der Waals surface area contributed by atoms with Crippen LogP contribution in [-0.4, -0.2) is 28.0 Å². The van der Waals surface area contributed by atoms with Crippen LogP contribution in [0.4, 0.5) is 0 Å². The van der Waals surface area contributed by atoms with Crippen molar-refractivity contribution in [3.63, 3.8) is 0 Å². The van der Waals surface area contributed by atoms with E-state index in [-0.39, 0.29) is 18.1 Å². The molecule has 1 aromatic heterocycles. The van der Waals surface area contributed by atoms with Crippen LogP contribution >= 0.6 is 0 Å². The molecule has 0 saturated heterocycles. The first-order valence-electron chi connectivity index (χ1n) is 9.99. The molecule has 0 spiro atoms. The van der Waals surface area contributed by atoms with Gasteiger partial charge in [0.05, 0.1) is 0 Å². The van der Waals surface area contributed by atoms with Crippen molar-refractivity contribution < 1.29 is 9.53 Å². The van der Waals surface area contributed by atoms with Gasteiger partial charge in [0.25, 0.3) is 0 Å². The first-order valence-corrected chi connectivity index (χ1v) is 9.99. The maximum Gasteiger partial charge on any atom is 0.316 e. The summed E-state index contributed by atoms with van der Waals surface area (Å²) in [7, 11) is 0. The molecule has 0 radical (unpaired) electrons. The third-order valence-electron chi connectivity index (χ3n) is 5.19. The van der Waals surface area contributed by atoms with Crippen LogP contribution in [0.2, 0.25) is 0 Å². The number of ether oxygens (including phenoxy) is 1. The van der Waals surface area contributed by atoms with Crippen LogP contribution < -0.4 is 10.1 Å². The second kappa shape index (κ2) is 8.43. The van der Waals surface area contributed by atoms with E-state index in [0.29, 0.717) is 6.01 Å². The van der Waals surface area contributed by atoms with E-state index in [4.69, 9.17) is 4.74 Å². The highest BCUT2D eigenvalue weighted by Crippen LogP contribution is 2.25. The van der Waals surface area contributed by atoms with Crippen LogP contribution in [0.5, 0.6) is 6.01 Å². The minimum absolute atomic E-state index is 0.00457. The highest BCUT2D eigenvalue weighted by atomic mass is 16.5. The molecule has 0 aliphatic heterocycles. The number of hydrogen-bond donors (Lipinski definition) is 1. The monoisotopic (exact) mass is 387 g/mol. The molecular formula is C24H25N3O2. The Bertz CT molecular complexity index is 959. The molecule has 3 aromatic rings. The van der Waals surface area contributed by atoms with E-state index in [1.54, 1.807) is 19.3 Å². The Hall–Kier alpha value is -3.21. The number of hydrogen-bond acceptors (Lipinski definition) is 4. The zero-order chi connectivity index (χ0) is 20.2. The van der Waals surface area contributed by atoms with Gasteiger partial charge in [0, 0.05) is 43.8 Å². The van der Waals surface area contributed by atoms with E-state index in [0.717, 1.165) is 30.4 Å². The summed E-state index contributed by atoms with van der Waals surface area (Å²) in [5.41, 5.74) is 5.88. The lowest BCUT2D eigenvalue weighted by Crippen LogP contribution is -2.31. The van der Waals surface area contributed by atoms with E-state index in [1.165, 1.54) is 16.7 Å². The number of amides is 1. The van der Waals surface area contributed by atoms with E-state index < -0.39 is 0 Å². The standard InChI is InChI=1S/C24H25N3O2/c1-16(27-17(2)28)11-18-7-9-19(10-8-18)22-14-25-24(26-15-22)29-23-12-20-5-3-4-6-21(20)13-23/h3-10,14-16,23H,11-13H2,1-2H3,(H,27,28). The van der Waals surface area contributed by atoms with Crippen LogP contribution in [0.3, 0.4) is 0 Å². The van der Waals surface area contributed by atoms with E-state index >= 15 is 0 Å². The molecule has 0 bridgehead atoms. The van der Waals surface area contributed by atoms with Crippen LogP contribution in [0, 0.1) is 0 Å². The molecule has 148 valence electrons. The van der Waals surface area contributed by atoms with Gasteiger partial charge in [-0.05, 0) is 35.6 Å². The van der Waals surface area contributed by atoms with Crippen LogP contribution in [-0.2, 0) is 24.1 Å². The molecule has 4 rings (SSSR count). The highest BCUT2D eigenvalue weighted by Gasteiger charge is 2.23. The van der Waals surface area contributed by atoms with Gasteiger partial charge in [-0.25, -0.2) is 9.97 Å². The number of aromatic nitrogens is 2. The Morgan fingerprint density at radius 1 is 1.03 bits per heavy atom. The molecule has 5 nitrogen and oxygen atoms in total. The van der Waals surface area contributed by atoms with Crippen molar-refractivity contribution in [2.24, 2.45) is 0 Å². The zero-order valence-corrected chi connectivity index (χ0v) is 16.8. The topological polar surface area (TPSA) is 64.1 Å². The van der Waals surface area contributed by atoms with Gasteiger partial charge in [-0.2, -0.15) is 0 Å². The van der Waals surface area contributed by atoms with Gasteiger partial charge in [-0.1, -0.05) is 48.5 Å². The molecule has 0 fully saturated rings. The van der Waals surface area contributed by atoms with Crippen LogP contribution in [0.15, 0.2) is 60.9 Å². The first kappa shape index (κ1) is 19.1. The number of nitrogens with zero attached hydrogens (tertiary/aromatic N) is 2. The van der Waals surface area contributed by atoms with E-state index in [9.17, 15) is 4.79 Å². The van der Waals surface area contributed by atoms with Crippen molar-refractivity contribution in [2.45, 2.75) is 45.3 Å². The fourth-order valence-corrected chi connectivity index (χ4v) is 3.86.